The average molecular weight is 353 g/mol. The zero-order chi connectivity index (χ0) is 18.5. The Bertz CT molecular complexity index is 874. The average Bonchev–Trinajstić information content (AvgIpc) is 3.05. The quantitative estimate of drug-likeness (QED) is 0.805. The standard InChI is InChI=1S/C21H23NO4/c1-12-5-7-16-15(9-12)20(26-13(2)23)21(3,4)19(22-16)14-6-8-17-18(10-14)25-11-24-17/h5-10,19-20,22H,11H2,1-4H3/t19-,20+/m0/s1. The highest BCUT2D eigenvalue weighted by Gasteiger charge is 2.46. The van der Waals surface area contributed by atoms with Crippen LogP contribution in [-0.2, 0) is 9.53 Å². The fourth-order valence-corrected chi connectivity index (χ4v) is 3.91. The zero-order valence-corrected chi connectivity index (χ0v) is 15.5. The Labute approximate surface area is 153 Å². The van der Waals surface area contributed by atoms with Gasteiger partial charge in [-0.25, -0.2) is 0 Å². The number of aryl methyl sites for hydroxylation is 1. The zero-order valence-electron chi connectivity index (χ0n) is 15.5. The number of fused-ring (bicyclic) bond motifs is 2. The lowest BCUT2D eigenvalue weighted by molar-refractivity contribution is -0.154. The molecule has 0 radical (unpaired) electrons. The largest absolute Gasteiger partial charge is 0.457 e. The molecule has 0 unspecified atom stereocenters. The van der Waals surface area contributed by atoms with Gasteiger partial charge in [-0.2, -0.15) is 0 Å². The maximum atomic E-state index is 11.8. The molecule has 0 aliphatic carbocycles. The number of anilines is 1. The van der Waals surface area contributed by atoms with E-state index >= 15 is 0 Å². The second kappa shape index (κ2) is 5.94. The highest BCUT2D eigenvalue weighted by Crippen LogP contribution is 2.54. The molecular formula is C21H23NO4. The minimum absolute atomic E-state index is 0.0449. The van der Waals surface area contributed by atoms with Gasteiger partial charge >= 0.3 is 5.97 Å². The van der Waals surface area contributed by atoms with E-state index in [1.54, 1.807) is 0 Å². The third-order valence-electron chi connectivity index (χ3n) is 5.22. The molecule has 1 N–H and O–H groups in total. The van der Waals surface area contributed by atoms with E-state index in [9.17, 15) is 4.79 Å². The van der Waals surface area contributed by atoms with Gasteiger partial charge in [0, 0.05) is 23.6 Å². The van der Waals surface area contributed by atoms with Gasteiger partial charge in [0.2, 0.25) is 6.79 Å². The summed E-state index contributed by atoms with van der Waals surface area (Å²) < 4.78 is 16.8. The van der Waals surface area contributed by atoms with Crippen LogP contribution in [0.5, 0.6) is 11.5 Å². The maximum Gasteiger partial charge on any atom is 0.303 e. The molecule has 136 valence electrons. The summed E-state index contributed by atoms with van der Waals surface area (Å²) >= 11 is 0. The van der Waals surface area contributed by atoms with E-state index in [0.717, 1.165) is 33.9 Å². The Morgan fingerprint density at radius 3 is 2.69 bits per heavy atom. The van der Waals surface area contributed by atoms with Gasteiger partial charge in [-0.3, -0.25) is 4.79 Å². The van der Waals surface area contributed by atoms with Gasteiger partial charge in [0.25, 0.3) is 0 Å². The van der Waals surface area contributed by atoms with Crippen LogP contribution in [0.4, 0.5) is 5.69 Å². The molecular weight excluding hydrogens is 330 g/mol. The second-order valence-electron chi connectivity index (χ2n) is 7.59. The number of rotatable bonds is 2. The van der Waals surface area contributed by atoms with Crippen molar-refractivity contribution in [2.75, 3.05) is 12.1 Å². The van der Waals surface area contributed by atoms with Gasteiger partial charge in [0.1, 0.15) is 6.10 Å². The molecule has 0 fully saturated rings. The van der Waals surface area contributed by atoms with Crippen molar-refractivity contribution in [2.45, 2.75) is 39.8 Å². The Balaban J connectivity index is 1.81. The number of nitrogens with one attached hydrogen (secondary N) is 1. The van der Waals surface area contributed by atoms with Crippen molar-refractivity contribution >= 4 is 11.7 Å². The first-order valence-electron chi connectivity index (χ1n) is 8.80. The normalized spacial score (nSPS) is 22.3. The molecule has 0 bridgehead atoms. The van der Waals surface area contributed by atoms with Gasteiger partial charge in [0.15, 0.2) is 11.5 Å². The van der Waals surface area contributed by atoms with E-state index in [4.69, 9.17) is 14.2 Å². The van der Waals surface area contributed by atoms with Crippen LogP contribution in [0.15, 0.2) is 36.4 Å². The third-order valence-corrected chi connectivity index (χ3v) is 5.22. The van der Waals surface area contributed by atoms with E-state index in [2.05, 4.69) is 37.4 Å². The van der Waals surface area contributed by atoms with Crippen molar-refractivity contribution in [3.63, 3.8) is 0 Å². The van der Waals surface area contributed by atoms with Crippen LogP contribution < -0.4 is 14.8 Å². The molecule has 2 aliphatic rings. The molecule has 2 atom stereocenters. The Hall–Kier alpha value is -2.69. The van der Waals surface area contributed by atoms with E-state index < -0.39 is 0 Å². The summed E-state index contributed by atoms with van der Waals surface area (Å²) in [6, 6.07) is 12.1. The lowest BCUT2D eigenvalue weighted by Gasteiger charge is -2.46. The number of carbonyl (C=O) groups is 1. The first kappa shape index (κ1) is 16.8. The highest BCUT2D eigenvalue weighted by molar-refractivity contribution is 5.68. The van der Waals surface area contributed by atoms with Gasteiger partial charge in [-0.1, -0.05) is 37.6 Å². The summed E-state index contributed by atoms with van der Waals surface area (Å²) in [6.45, 7) is 7.99. The van der Waals surface area contributed by atoms with Crippen molar-refractivity contribution in [1.82, 2.24) is 0 Å². The van der Waals surface area contributed by atoms with Gasteiger partial charge in [-0.05, 0) is 30.7 Å². The van der Waals surface area contributed by atoms with Crippen LogP contribution in [0.3, 0.4) is 0 Å². The molecule has 0 spiro atoms. The predicted octanol–water partition coefficient (Wildman–Crippen LogP) is 4.52. The van der Waals surface area contributed by atoms with E-state index in [-0.39, 0.29) is 30.3 Å². The fourth-order valence-electron chi connectivity index (χ4n) is 3.91. The molecule has 5 heteroatoms. The smallest absolute Gasteiger partial charge is 0.303 e. The van der Waals surface area contributed by atoms with Crippen LogP contribution in [0, 0.1) is 12.3 Å². The molecule has 2 aliphatic heterocycles. The molecule has 0 saturated carbocycles. The van der Waals surface area contributed by atoms with Crippen molar-refractivity contribution in [2.24, 2.45) is 5.41 Å². The second-order valence-corrected chi connectivity index (χ2v) is 7.59. The highest BCUT2D eigenvalue weighted by atomic mass is 16.7. The predicted molar refractivity (Wildman–Crippen MR) is 98.4 cm³/mol. The lowest BCUT2D eigenvalue weighted by atomic mass is 9.70. The molecule has 0 amide bonds. The molecule has 5 nitrogen and oxygen atoms in total. The first-order valence-corrected chi connectivity index (χ1v) is 8.80. The fraction of sp³-hybridized carbons (Fsp3) is 0.381. The molecule has 4 rings (SSSR count). The first-order chi connectivity index (χ1) is 12.4. The van der Waals surface area contributed by atoms with Crippen LogP contribution in [0.25, 0.3) is 0 Å². The van der Waals surface area contributed by atoms with Crippen molar-refractivity contribution in [3.05, 3.63) is 53.1 Å². The molecule has 0 saturated heterocycles. The SMILES string of the molecule is CC(=O)O[C@@H]1c2cc(C)ccc2N[C@@H](c2ccc3c(c2)OCO3)C1(C)C. The van der Waals surface area contributed by atoms with Crippen molar-refractivity contribution in [1.29, 1.82) is 0 Å². The van der Waals surface area contributed by atoms with Crippen LogP contribution in [0.2, 0.25) is 0 Å². The van der Waals surface area contributed by atoms with E-state index in [1.165, 1.54) is 6.92 Å². The summed E-state index contributed by atoms with van der Waals surface area (Å²) in [5.41, 5.74) is 3.86. The lowest BCUT2D eigenvalue weighted by Crippen LogP contribution is -2.40. The summed E-state index contributed by atoms with van der Waals surface area (Å²) in [4.78, 5) is 11.8. The number of esters is 1. The van der Waals surface area contributed by atoms with Gasteiger partial charge < -0.3 is 19.5 Å². The van der Waals surface area contributed by atoms with E-state index in [1.807, 2.05) is 25.1 Å². The Kier molecular flexibility index (Phi) is 3.83. The van der Waals surface area contributed by atoms with Crippen molar-refractivity contribution in [3.8, 4) is 11.5 Å². The Morgan fingerprint density at radius 1 is 1.15 bits per heavy atom. The van der Waals surface area contributed by atoms with E-state index in [0.29, 0.717) is 0 Å². The molecule has 2 aromatic carbocycles. The number of ether oxygens (including phenoxy) is 3. The summed E-state index contributed by atoms with van der Waals surface area (Å²) in [7, 11) is 0. The molecule has 0 aromatic heterocycles. The van der Waals surface area contributed by atoms with Crippen LogP contribution in [-0.4, -0.2) is 12.8 Å². The number of hydrogen-bond donors (Lipinski definition) is 1. The third kappa shape index (κ3) is 2.68. The number of benzene rings is 2. The molecule has 26 heavy (non-hydrogen) atoms. The minimum Gasteiger partial charge on any atom is -0.457 e. The number of carbonyl (C=O) groups excluding carboxylic acids is 1. The maximum absolute atomic E-state index is 11.8. The minimum atomic E-state index is -0.361. The van der Waals surface area contributed by atoms with Crippen LogP contribution >= 0.6 is 0 Å². The molecule has 2 aromatic rings. The summed E-state index contributed by atoms with van der Waals surface area (Å²) in [5.74, 6) is 1.23. The summed E-state index contributed by atoms with van der Waals surface area (Å²) in [6.07, 6.45) is -0.341. The van der Waals surface area contributed by atoms with Crippen molar-refractivity contribution < 1.29 is 19.0 Å². The van der Waals surface area contributed by atoms with Gasteiger partial charge in [0.05, 0.1) is 6.04 Å². The van der Waals surface area contributed by atoms with Crippen LogP contribution in [0.1, 0.15) is 49.6 Å². The molecule has 2 heterocycles. The topological polar surface area (TPSA) is 56.8 Å². The monoisotopic (exact) mass is 353 g/mol. The Morgan fingerprint density at radius 2 is 1.92 bits per heavy atom. The number of hydrogen-bond acceptors (Lipinski definition) is 5. The van der Waals surface area contributed by atoms with Gasteiger partial charge in [-0.15, -0.1) is 0 Å². The summed E-state index contributed by atoms with van der Waals surface area (Å²) in [5, 5.41) is 3.64.